The SMILES string of the molecule is CC(C)[C@H](N)C(C)(O)Cl.CC(C)[C@H](NC(=O)c1c[nH]c2ncc(C3CC3)nc12)C(C)(C)O.COC(=O)[C@@H](NC(=O)OC(C)(C)C)C(C)C. The second-order valence-electron chi connectivity index (χ2n) is 15.0. The van der Waals surface area contributed by atoms with Crippen LogP contribution in [0.25, 0.3) is 11.2 Å². The molecule has 13 nitrogen and oxygen atoms in total. The molecule has 0 radical (unpaired) electrons. The van der Waals surface area contributed by atoms with E-state index in [1.807, 2.05) is 41.5 Å². The number of carbonyl (C=O) groups is 3. The van der Waals surface area contributed by atoms with E-state index in [4.69, 9.17) is 27.2 Å². The topological polar surface area (TPSA) is 202 Å². The Kier molecular flexibility index (Phi) is 15.8. The predicted molar refractivity (Wildman–Crippen MR) is 188 cm³/mol. The lowest BCUT2D eigenvalue weighted by molar-refractivity contribution is -0.144. The first-order valence-electron chi connectivity index (χ1n) is 16.4. The number of hydrogen-bond donors (Lipinski definition) is 6. The minimum atomic E-state index is -1.27. The van der Waals surface area contributed by atoms with Crippen molar-refractivity contribution < 1.29 is 34.1 Å². The van der Waals surface area contributed by atoms with Crippen molar-refractivity contribution in [2.45, 2.75) is 136 Å². The number of amides is 2. The van der Waals surface area contributed by atoms with Gasteiger partial charge in [-0.1, -0.05) is 53.1 Å². The number of esters is 1. The number of carbonyl (C=O) groups excluding carboxylic acids is 3. The number of H-pyrrole nitrogens is 1. The highest BCUT2D eigenvalue weighted by atomic mass is 35.5. The number of ether oxygens (including phenoxy) is 2. The molecule has 7 N–H and O–H groups in total. The van der Waals surface area contributed by atoms with Crippen molar-refractivity contribution in [1.82, 2.24) is 25.6 Å². The monoisotopic (exact) mass is 698 g/mol. The van der Waals surface area contributed by atoms with Gasteiger partial charge in [0.05, 0.1) is 36.2 Å². The van der Waals surface area contributed by atoms with Crippen LogP contribution in [0.5, 0.6) is 0 Å². The van der Waals surface area contributed by atoms with Crippen molar-refractivity contribution in [1.29, 1.82) is 0 Å². The van der Waals surface area contributed by atoms with E-state index in [0.717, 1.165) is 18.5 Å². The summed E-state index contributed by atoms with van der Waals surface area (Å²) in [5, 5.41) is 23.5. The second kappa shape index (κ2) is 17.6. The van der Waals surface area contributed by atoms with Crippen molar-refractivity contribution >= 4 is 40.7 Å². The Hall–Kier alpha value is -3.00. The lowest BCUT2D eigenvalue weighted by atomic mass is 9.89. The zero-order valence-electron chi connectivity index (χ0n) is 30.9. The third kappa shape index (κ3) is 14.2. The van der Waals surface area contributed by atoms with Crippen LogP contribution in [0.15, 0.2) is 12.4 Å². The number of aromatic amines is 1. The summed E-state index contributed by atoms with van der Waals surface area (Å²) in [6, 6.07) is -1.39. The molecule has 1 saturated carbocycles. The average molecular weight is 699 g/mol. The molecular weight excluding hydrogens is 640 g/mol. The third-order valence-electron chi connectivity index (χ3n) is 7.47. The Morgan fingerprint density at radius 1 is 0.979 bits per heavy atom. The summed E-state index contributed by atoms with van der Waals surface area (Å²) < 4.78 is 9.65. The highest BCUT2D eigenvalue weighted by Crippen LogP contribution is 2.39. The van der Waals surface area contributed by atoms with E-state index in [-0.39, 0.29) is 35.7 Å². The normalized spacial score (nSPS) is 16.5. The molecule has 3 rings (SSSR count). The van der Waals surface area contributed by atoms with Crippen LogP contribution >= 0.6 is 11.6 Å². The molecule has 48 heavy (non-hydrogen) atoms. The van der Waals surface area contributed by atoms with Gasteiger partial charge in [0, 0.05) is 18.2 Å². The Balaban J connectivity index is 0.000000402. The summed E-state index contributed by atoms with van der Waals surface area (Å²) in [5.74, 6) is 0.0346. The molecule has 1 aliphatic rings. The molecule has 1 unspecified atom stereocenters. The van der Waals surface area contributed by atoms with Crippen LogP contribution < -0.4 is 16.4 Å². The summed E-state index contributed by atoms with van der Waals surface area (Å²) in [4.78, 5) is 47.5. The number of nitrogens with one attached hydrogen (secondary N) is 3. The van der Waals surface area contributed by atoms with Gasteiger partial charge in [-0.2, -0.15) is 0 Å². The molecule has 2 aromatic rings. The molecule has 0 aliphatic heterocycles. The van der Waals surface area contributed by atoms with Crippen LogP contribution in [0, 0.1) is 17.8 Å². The lowest BCUT2D eigenvalue weighted by Gasteiger charge is -2.33. The summed E-state index contributed by atoms with van der Waals surface area (Å²) in [6.45, 7) is 21.6. The quantitative estimate of drug-likeness (QED) is 0.145. The molecule has 2 heterocycles. The van der Waals surface area contributed by atoms with Crippen LogP contribution in [0.3, 0.4) is 0 Å². The number of alkyl carbamates (subject to hydrolysis) is 1. The fourth-order valence-corrected chi connectivity index (χ4v) is 4.95. The molecule has 1 aliphatic carbocycles. The third-order valence-corrected chi connectivity index (χ3v) is 7.73. The summed E-state index contributed by atoms with van der Waals surface area (Å²) in [5.41, 5.74) is 6.58. The molecule has 2 aromatic heterocycles. The Labute approximate surface area is 290 Å². The van der Waals surface area contributed by atoms with E-state index < -0.39 is 34.4 Å². The van der Waals surface area contributed by atoms with E-state index in [2.05, 4.69) is 30.3 Å². The number of alkyl halides is 1. The second-order valence-corrected chi connectivity index (χ2v) is 15.8. The first kappa shape index (κ1) is 43.0. The lowest BCUT2D eigenvalue weighted by Crippen LogP contribution is -2.52. The molecule has 2 amide bonds. The van der Waals surface area contributed by atoms with E-state index in [0.29, 0.717) is 22.6 Å². The van der Waals surface area contributed by atoms with Crippen LogP contribution in [-0.2, 0) is 14.3 Å². The first-order valence-corrected chi connectivity index (χ1v) is 16.8. The molecule has 4 atom stereocenters. The largest absolute Gasteiger partial charge is 0.467 e. The van der Waals surface area contributed by atoms with Crippen LogP contribution in [0.2, 0.25) is 0 Å². The van der Waals surface area contributed by atoms with Gasteiger partial charge in [0.15, 0.2) is 10.7 Å². The molecule has 0 saturated heterocycles. The van der Waals surface area contributed by atoms with E-state index in [9.17, 15) is 19.5 Å². The van der Waals surface area contributed by atoms with Crippen molar-refractivity contribution in [2.75, 3.05) is 7.11 Å². The standard InChI is InChI=1S/C17H24N4O2.C11H21NO4.C6H14ClNO/c1-9(2)14(17(3,4)23)21-16(22)11-7-18-15-13(11)20-12(8-19-15)10-5-6-10;1-7(2)8(9(13)15-6)12-10(14)16-11(3,4)5;1-4(2)5(8)6(3,7)9/h7-10,14,23H,5-6H2,1-4H3,(H,18,19)(H,21,22);7-8H,1-6H3,(H,12,14);4-5,9H,8H2,1-3H3/t14-;8-;5-,6?/m000/s1. The van der Waals surface area contributed by atoms with E-state index >= 15 is 0 Å². The fraction of sp³-hybridized carbons (Fsp3) is 0.735. The van der Waals surface area contributed by atoms with Gasteiger partial charge in [0.1, 0.15) is 17.2 Å². The zero-order chi connectivity index (χ0) is 37.4. The van der Waals surface area contributed by atoms with Gasteiger partial charge < -0.3 is 41.0 Å². The maximum Gasteiger partial charge on any atom is 0.408 e. The van der Waals surface area contributed by atoms with E-state index in [1.54, 1.807) is 47.0 Å². The van der Waals surface area contributed by atoms with E-state index in [1.165, 1.54) is 14.0 Å². The number of halogens is 1. The van der Waals surface area contributed by atoms with Crippen LogP contribution in [-0.4, -0.2) is 84.6 Å². The van der Waals surface area contributed by atoms with Crippen molar-refractivity contribution in [3.8, 4) is 0 Å². The number of rotatable bonds is 10. The van der Waals surface area contributed by atoms with Gasteiger partial charge in [-0.25, -0.2) is 19.6 Å². The first-order chi connectivity index (χ1) is 21.8. The summed E-state index contributed by atoms with van der Waals surface area (Å²) in [7, 11) is 1.29. The van der Waals surface area contributed by atoms with Crippen LogP contribution in [0.4, 0.5) is 4.79 Å². The molecule has 0 bridgehead atoms. The molecule has 14 heteroatoms. The fourth-order valence-electron chi connectivity index (χ4n) is 4.70. The predicted octanol–water partition coefficient (Wildman–Crippen LogP) is 4.99. The van der Waals surface area contributed by atoms with Gasteiger partial charge in [-0.3, -0.25) is 4.79 Å². The van der Waals surface area contributed by atoms with Crippen molar-refractivity contribution in [3.63, 3.8) is 0 Å². The molecule has 1 fully saturated rings. The number of aromatic nitrogens is 3. The number of fused-ring (bicyclic) bond motifs is 1. The Morgan fingerprint density at radius 2 is 1.54 bits per heavy atom. The van der Waals surface area contributed by atoms with Crippen molar-refractivity contribution in [3.05, 3.63) is 23.7 Å². The Bertz CT molecular complexity index is 1340. The van der Waals surface area contributed by atoms with Crippen LogP contribution in [0.1, 0.15) is 118 Å². The van der Waals surface area contributed by atoms with Gasteiger partial charge in [-0.05, 0) is 72.1 Å². The number of methoxy groups -OCH3 is 1. The smallest absolute Gasteiger partial charge is 0.408 e. The van der Waals surface area contributed by atoms with Crippen molar-refractivity contribution in [2.24, 2.45) is 23.5 Å². The van der Waals surface area contributed by atoms with Gasteiger partial charge in [0.2, 0.25) is 0 Å². The maximum absolute atomic E-state index is 12.7. The maximum atomic E-state index is 12.7. The zero-order valence-corrected chi connectivity index (χ0v) is 31.7. The summed E-state index contributed by atoms with van der Waals surface area (Å²) >= 11 is 5.51. The average Bonchev–Trinajstić information content (AvgIpc) is 3.70. The number of nitrogens with two attached hydrogens (primary N) is 1. The molecular formula is C34H59ClN6O7. The summed E-state index contributed by atoms with van der Waals surface area (Å²) in [6.07, 6.45) is 5.09. The number of aliphatic hydroxyl groups is 2. The highest BCUT2D eigenvalue weighted by molar-refractivity contribution is 6.22. The molecule has 274 valence electrons. The van der Waals surface area contributed by atoms with Gasteiger partial charge >= 0.3 is 12.1 Å². The number of hydrogen-bond acceptors (Lipinski definition) is 10. The van der Waals surface area contributed by atoms with Gasteiger partial charge in [-0.15, -0.1) is 0 Å². The molecule has 0 spiro atoms. The highest BCUT2D eigenvalue weighted by Gasteiger charge is 2.33. The Morgan fingerprint density at radius 3 is 1.92 bits per heavy atom. The minimum Gasteiger partial charge on any atom is -0.467 e. The van der Waals surface area contributed by atoms with Gasteiger partial charge in [0.25, 0.3) is 5.91 Å². The number of nitrogens with zero attached hydrogens (tertiary/aromatic N) is 2. The minimum absolute atomic E-state index is 0.0556. The molecule has 0 aromatic carbocycles.